The molecule has 0 aromatic heterocycles. The third-order valence-corrected chi connectivity index (χ3v) is 2.96. The van der Waals surface area contributed by atoms with Gasteiger partial charge < -0.3 is 15.2 Å². The van der Waals surface area contributed by atoms with E-state index in [1.807, 2.05) is 0 Å². The fourth-order valence-electron chi connectivity index (χ4n) is 1.96. The van der Waals surface area contributed by atoms with Crippen molar-refractivity contribution >= 4 is 0 Å². The maximum atomic E-state index is 5.97. The molecule has 2 N–H and O–H groups in total. The predicted molar refractivity (Wildman–Crippen MR) is 41.3 cm³/mol. The van der Waals surface area contributed by atoms with Crippen LogP contribution >= 0.6 is 0 Å². The van der Waals surface area contributed by atoms with E-state index in [1.165, 1.54) is 0 Å². The van der Waals surface area contributed by atoms with Crippen LogP contribution in [0.25, 0.3) is 0 Å². The van der Waals surface area contributed by atoms with Gasteiger partial charge in [0, 0.05) is 24.7 Å². The fourth-order valence-corrected chi connectivity index (χ4v) is 1.96. The van der Waals surface area contributed by atoms with Gasteiger partial charge in [0.05, 0.1) is 13.2 Å². The molecule has 0 radical (unpaired) electrons. The lowest BCUT2D eigenvalue weighted by molar-refractivity contribution is -0.00960. The summed E-state index contributed by atoms with van der Waals surface area (Å²) in [5.74, 6) is 0. The van der Waals surface area contributed by atoms with Crippen LogP contribution in [-0.4, -0.2) is 32.5 Å². The van der Waals surface area contributed by atoms with Crippen LogP contribution in [0.15, 0.2) is 0 Å². The Morgan fingerprint density at radius 1 is 1.18 bits per heavy atom. The van der Waals surface area contributed by atoms with Crippen LogP contribution in [0.3, 0.4) is 0 Å². The van der Waals surface area contributed by atoms with Crippen molar-refractivity contribution in [2.45, 2.75) is 18.9 Å². The molecule has 2 heterocycles. The van der Waals surface area contributed by atoms with Gasteiger partial charge >= 0.3 is 0 Å². The van der Waals surface area contributed by atoms with Crippen LogP contribution in [0.2, 0.25) is 0 Å². The van der Waals surface area contributed by atoms with Crippen molar-refractivity contribution in [1.82, 2.24) is 0 Å². The number of hydrogen-bond donors (Lipinski definition) is 1. The Morgan fingerprint density at radius 2 is 1.91 bits per heavy atom. The quantitative estimate of drug-likeness (QED) is 0.544. The molecule has 2 aliphatic rings. The summed E-state index contributed by atoms with van der Waals surface area (Å²) in [4.78, 5) is 0. The molecule has 2 atom stereocenters. The lowest BCUT2D eigenvalue weighted by atomic mass is 9.76. The Labute approximate surface area is 66.8 Å². The van der Waals surface area contributed by atoms with Gasteiger partial charge in [-0.2, -0.15) is 0 Å². The number of ether oxygens (including phenoxy) is 2. The molecule has 3 heteroatoms. The highest BCUT2D eigenvalue weighted by Gasteiger charge is 2.42. The maximum Gasteiger partial charge on any atom is 0.0623 e. The summed E-state index contributed by atoms with van der Waals surface area (Å²) >= 11 is 0. The standard InChI is InChI=1S/C8H15NO2/c9-7-5-10-3-1-8(7)2-4-11-6-8/h7H,1-6,9H2. The molecule has 2 saturated heterocycles. The molecule has 0 aromatic rings. The normalized spacial score (nSPS) is 45.0. The average molecular weight is 157 g/mol. The fraction of sp³-hybridized carbons (Fsp3) is 1.00. The van der Waals surface area contributed by atoms with Crippen LogP contribution < -0.4 is 5.73 Å². The van der Waals surface area contributed by atoms with Gasteiger partial charge in [-0.15, -0.1) is 0 Å². The number of hydrogen-bond acceptors (Lipinski definition) is 3. The molecule has 64 valence electrons. The van der Waals surface area contributed by atoms with Crippen molar-refractivity contribution in [3.63, 3.8) is 0 Å². The zero-order chi connectivity index (χ0) is 7.73. The van der Waals surface area contributed by atoms with E-state index in [2.05, 4.69) is 0 Å². The SMILES string of the molecule is NC1COCCC12CCOC2. The Balaban J connectivity index is 2.07. The molecular formula is C8H15NO2. The van der Waals surface area contributed by atoms with Crippen molar-refractivity contribution in [3.05, 3.63) is 0 Å². The average Bonchev–Trinajstić information content (AvgIpc) is 2.46. The third kappa shape index (κ3) is 1.17. The van der Waals surface area contributed by atoms with Gasteiger partial charge in [-0.25, -0.2) is 0 Å². The minimum absolute atomic E-state index is 0.193. The zero-order valence-electron chi connectivity index (χ0n) is 6.71. The van der Waals surface area contributed by atoms with Gasteiger partial charge in [-0.1, -0.05) is 0 Å². The highest BCUT2D eigenvalue weighted by molar-refractivity contribution is 4.94. The highest BCUT2D eigenvalue weighted by atomic mass is 16.5. The summed E-state index contributed by atoms with van der Waals surface area (Å²) < 4.78 is 10.7. The largest absolute Gasteiger partial charge is 0.381 e. The van der Waals surface area contributed by atoms with Crippen molar-refractivity contribution < 1.29 is 9.47 Å². The molecule has 2 unspecified atom stereocenters. The molecule has 2 aliphatic heterocycles. The first-order valence-electron chi connectivity index (χ1n) is 4.25. The molecule has 2 rings (SSSR count). The molecule has 0 bridgehead atoms. The maximum absolute atomic E-state index is 5.97. The van der Waals surface area contributed by atoms with Crippen LogP contribution in [0.1, 0.15) is 12.8 Å². The van der Waals surface area contributed by atoms with E-state index in [4.69, 9.17) is 15.2 Å². The van der Waals surface area contributed by atoms with E-state index in [0.717, 1.165) is 32.7 Å². The van der Waals surface area contributed by atoms with Gasteiger partial charge in [0.25, 0.3) is 0 Å². The van der Waals surface area contributed by atoms with Crippen molar-refractivity contribution in [1.29, 1.82) is 0 Å². The smallest absolute Gasteiger partial charge is 0.0623 e. The zero-order valence-corrected chi connectivity index (χ0v) is 6.71. The highest BCUT2D eigenvalue weighted by Crippen LogP contribution is 2.37. The van der Waals surface area contributed by atoms with E-state index in [0.29, 0.717) is 6.61 Å². The van der Waals surface area contributed by atoms with Crippen LogP contribution in [0.5, 0.6) is 0 Å². The van der Waals surface area contributed by atoms with Crippen molar-refractivity contribution in [3.8, 4) is 0 Å². The second-order valence-electron chi connectivity index (χ2n) is 3.60. The minimum Gasteiger partial charge on any atom is -0.381 e. The number of nitrogens with two attached hydrogens (primary N) is 1. The Bertz CT molecular complexity index is 143. The van der Waals surface area contributed by atoms with Gasteiger partial charge in [0.1, 0.15) is 0 Å². The molecule has 3 nitrogen and oxygen atoms in total. The van der Waals surface area contributed by atoms with Gasteiger partial charge in [-0.05, 0) is 12.8 Å². The Morgan fingerprint density at radius 3 is 2.55 bits per heavy atom. The summed E-state index contributed by atoms with van der Waals surface area (Å²) in [6.45, 7) is 3.30. The molecule has 0 saturated carbocycles. The van der Waals surface area contributed by atoms with Crippen LogP contribution in [0, 0.1) is 5.41 Å². The predicted octanol–water partition coefficient (Wildman–Crippen LogP) is 0.141. The Kier molecular flexibility index (Phi) is 1.87. The molecular weight excluding hydrogens is 142 g/mol. The summed E-state index contributed by atoms with van der Waals surface area (Å²) in [7, 11) is 0. The van der Waals surface area contributed by atoms with Gasteiger partial charge in [0.2, 0.25) is 0 Å². The molecule has 1 spiro atoms. The minimum atomic E-state index is 0.193. The third-order valence-electron chi connectivity index (χ3n) is 2.96. The summed E-state index contributed by atoms with van der Waals surface area (Å²) in [5, 5.41) is 0. The van der Waals surface area contributed by atoms with Gasteiger partial charge in [-0.3, -0.25) is 0 Å². The summed E-state index contributed by atoms with van der Waals surface area (Å²) in [5.41, 5.74) is 6.23. The lowest BCUT2D eigenvalue weighted by Gasteiger charge is -2.37. The second kappa shape index (κ2) is 2.73. The first kappa shape index (κ1) is 7.53. The lowest BCUT2D eigenvalue weighted by Crippen LogP contribution is -2.49. The van der Waals surface area contributed by atoms with E-state index >= 15 is 0 Å². The molecule has 0 aliphatic carbocycles. The second-order valence-corrected chi connectivity index (χ2v) is 3.60. The summed E-state index contributed by atoms with van der Waals surface area (Å²) in [6.07, 6.45) is 2.20. The van der Waals surface area contributed by atoms with Crippen molar-refractivity contribution in [2.24, 2.45) is 11.1 Å². The van der Waals surface area contributed by atoms with E-state index < -0.39 is 0 Å². The van der Waals surface area contributed by atoms with Crippen LogP contribution in [-0.2, 0) is 9.47 Å². The van der Waals surface area contributed by atoms with Crippen LogP contribution in [0.4, 0.5) is 0 Å². The first-order valence-corrected chi connectivity index (χ1v) is 4.25. The van der Waals surface area contributed by atoms with E-state index in [9.17, 15) is 0 Å². The van der Waals surface area contributed by atoms with Gasteiger partial charge in [0.15, 0.2) is 0 Å². The topological polar surface area (TPSA) is 44.5 Å². The molecule has 11 heavy (non-hydrogen) atoms. The monoisotopic (exact) mass is 157 g/mol. The molecule has 2 fully saturated rings. The van der Waals surface area contributed by atoms with E-state index in [-0.39, 0.29) is 11.5 Å². The van der Waals surface area contributed by atoms with E-state index in [1.54, 1.807) is 0 Å². The van der Waals surface area contributed by atoms with Crippen molar-refractivity contribution in [2.75, 3.05) is 26.4 Å². The Hall–Kier alpha value is -0.120. The molecule has 0 aromatic carbocycles. The molecule has 0 amide bonds. The first-order chi connectivity index (χ1) is 5.33. The number of rotatable bonds is 0. The summed E-state index contributed by atoms with van der Waals surface area (Å²) in [6, 6.07) is 0.193.